The van der Waals surface area contributed by atoms with Gasteiger partial charge in [-0.05, 0) is 44.3 Å². The Hall–Kier alpha value is -1.61. The van der Waals surface area contributed by atoms with Crippen molar-refractivity contribution in [3.8, 4) is 0 Å². The summed E-state index contributed by atoms with van der Waals surface area (Å²) < 4.78 is 5.40. The van der Waals surface area contributed by atoms with Gasteiger partial charge in [-0.15, -0.1) is 24.0 Å². The van der Waals surface area contributed by atoms with Crippen LogP contribution in [0.1, 0.15) is 61.2 Å². The zero-order valence-corrected chi connectivity index (χ0v) is 20.3. The Bertz CT molecular complexity index is 766. The van der Waals surface area contributed by atoms with E-state index in [9.17, 15) is 0 Å². The molecule has 29 heavy (non-hydrogen) atoms. The third-order valence-corrected chi connectivity index (χ3v) is 5.33. The molecule has 0 spiro atoms. The maximum Gasteiger partial charge on any atom is 0.191 e. The molecule has 0 aliphatic carbocycles. The highest BCUT2D eigenvalue weighted by molar-refractivity contribution is 14.0. The van der Waals surface area contributed by atoms with Gasteiger partial charge in [0.25, 0.3) is 0 Å². The maximum absolute atomic E-state index is 5.40. The summed E-state index contributed by atoms with van der Waals surface area (Å²) in [5, 5.41) is 10.9. The number of aliphatic imine (C=N–C) groups is 1. The van der Waals surface area contributed by atoms with Crippen LogP contribution in [0, 0.1) is 6.92 Å². The minimum absolute atomic E-state index is 0. The van der Waals surface area contributed by atoms with E-state index in [1.165, 1.54) is 24.0 Å². The molecule has 7 heteroatoms. The number of likely N-dealkylation sites (tertiary alicyclic amines) is 1. The second-order valence-corrected chi connectivity index (χ2v) is 7.85. The smallest absolute Gasteiger partial charge is 0.191 e. The highest BCUT2D eigenvalue weighted by Crippen LogP contribution is 2.25. The Morgan fingerprint density at radius 1 is 1.17 bits per heavy atom. The molecule has 1 aliphatic heterocycles. The van der Waals surface area contributed by atoms with Crippen LogP contribution in [-0.2, 0) is 6.54 Å². The fourth-order valence-electron chi connectivity index (χ4n) is 3.57. The van der Waals surface area contributed by atoms with Gasteiger partial charge in [-0.25, -0.2) is 0 Å². The first kappa shape index (κ1) is 23.7. The molecule has 1 fully saturated rings. The molecule has 0 bridgehead atoms. The molecule has 1 atom stereocenters. The predicted molar refractivity (Wildman–Crippen MR) is 129 cm³/mol. The van der Waals surface area contributed by atoms with Crippen LogP contribution in [0.25, 0.3) is 0 Å². The number of nitrogens with zero attached hydrogens (tertiary/aromatic N) is 3. The van der Waals surface area contributed by atoms with Crippen LogP contribution >= 0.6 is 24.0 Å². The molecule has 1 saturated heterocycles. The Balaban J connectivity index is 0.00000300. The van der Waals surface area contributed by atoms with Crippen LogP contribution in [0.5, 0.6) is 0 Å². The summed E-state index contributed by atoms with van der Waals surface area (Å²) in [6, 6.07) is 11.2. The number of rotatable bonds is 7. The summed E-state index contributed by atoms with van der Waals surface area (Å²) in [6.07, 6.45) is 2.55. The molecular weight excluding hydrogens is 477 g/mol. The number of aromatic nitrogens is 1. The maximum atomic E-state index is 5.40. The van der Waals surface area contributed by atoms with E-state index in [0.29, 0.717) is 18.5 Å². The number of guanidine groups is 1. The third kappa shape index (κ3) is 6.70. The van der Waals surface area contributed by atoms with Gasteiger partial charge < -0.3 is 15.2 Å². The van der Waals surface area contributed by atoms with Gasteiger partial charge in [-0.1, -0.05) is 48.8 Å². The minimum atomic E-state index is 0. The lowest BCUT2D eigenvalue weighted by Crippen LogP contribution is -2.42. The minimum Gasteiger partial charge on any atom is -0.359 e. The van der Waals surface area contributed by atoms with Crippen LogP contribution in [0.15, 0.2) is 39.8 Å². The standard InChI is InChI=1S/C22H33N5O.HI/c1-16(2)20-13-19(28-26-20)14-24-22(23-4)25-15-21(27-11-5-6-12-27)18-9-7-17(3)8-10-18;/h7-10,13,16,21H,5-6,11-12,14-15H2,1-4H3,(H2,23,24,25);1H. The van der Waals surface area contributed by atoms with E-state index in [2.05, 4.69) is 70.7 Å². The number of hydrogen-bond donors (Lipinski definition) is 2. The monoisotopic (exact) mass is 511 g/mol. The fraction of sp³-hybridized carbons (Fsp3) is 0.545. The van der Waals surface area contributed by atoms with Gasteiger partial charge in [0.1, 0.15) is 0 Å². The Morgan fingerprint density at radius 3 is 2.45 bits per heavy atom. The van der Waals surface area contributed by atoms with E-state index < -0.39 is 0 Å². The molecule has 0 amide bonds. The Kier molecular flexibility index (Phi) is 9.42. The summed E-state index contributed by atoms with van der Waals surface area (Å²) in [7, 11) is 1.80. The first-order chi connectivity index (χ1) is 13.6. The zero-order chi connectivity index (χ0) is 19.9. The van der Waals surface area contributed by atoms with Crippen molar-refractivity contribution >= 4 is 29.9 Å². The van der Waals surface area contributed by atoms with Crippen molar-refractivity contribution in [2.45, 2.75) is 52.1 Å². The van der Waals surface area contributed by atoms with E-state index in [-0.39, 0.29) is 24.0 Å². The van der Waals surface area contributed by atoms with Gasteiger partial charge in [-0.2, -0.15) is 0 Å². The number of halogens is 1. The highest BCUT2D eigenvalue weighted by atomic mass is 127. The second-order valence-electron chi connectivity index (χ2n) is 7.85. The molecule has 1 unspecified atom stereocenters. The molecule has 3 rings (SSSR count). The molecule has 1 aliphatic rings. The average molecular weight is 511 g/mol. The average Bonchev–Trinajstić information content (AvgIpc) is 3.38. The van der Waals surface area contributed by atoms with Gasteiger partial charge in [0.05, 0.1) is 18.3 Å². The largest absolute Gasteiger partial charge is 0.359 e. The van der Waals surface area contributed by atoms with E-state index in [4.69, 9.17) is 4.52 Å². The molecule has 1 aromatic carbocycles. The van der Waals surface area contributed by atoms with Crippen molar-refractivity contribution in [3.63, 3.8) is 0 Å². The van der Waals surface area contributed by atoms with Crippen LogP contribution in [0.3, 0.4) is 0 Å². The van der Waals surface area contributed by atoms with Gasteiger partial charge in [0, 0.05) is 19.7 Å². The third-order valence-electron chi connectivity index (χ3n) is 5.33. The van der Waals surface area contributed by atoms with Crippen molar-refractivity contribution in [2.75, 3.05) is 26.7 Å². The lowest BCUT2D eigenvalue weighted by Gasteiger charge is -2.29. The van der Waals surface area contributed by atoms with Crippen molar-refractivity contribution in [1.29, 1.82) is 0 Å². The van der Waals surface area contributed by atoms with Crippen molar-refractivity contribution in [3.05, 3.63) is 52.9 Å². The number of benzene rings is 1. The topological polar surface area (TPSA) is 65.7 Å². The fourth-order valence-corrected chi connectivity index (χ4v) is 3.57. The highest BCUT2D eigenvalue weighted by Gasteiger charge is 2.23. The predicted octanol–water partition coefficient (Wildman–Crippen LogP) is 4.23. The summed E-state index contributed by atoms with van der Waals surface area (Å²) in [6.45, 7) is 10.0. The molecule has 1 aromatic heterocycles. The SMILES string of the molecule is CN=C(NCc1cc(C(C)C)no1)NCC(c1ccc(C)cc1)N1CCCC1.I. The Labute approximate surface area is 191 Å². The van der Waals surface area contributed by atoms with Crippen LogP contribution < -0.4 is 10.6 Å². The van der Waals surface area contributed by atoms with Gasteiger partial charge in [0.2, 0.25) is 0 Å². The van der Waals surface area contributed by atoms with Crippen LogP contribution in [0.4, 0.5) is 0 Å². The van der Waals surface area contributed by atoms with Crippen molar-refractivity contribution < 1.29 is 4.52 Å². The van der Waals surface area contributed by atoms with Gasteiger partial charge in [-0.3, -0.25) is 9.89 Å². The molecular formula is C22H34IN5O. The molecule has 0 saturated carbocycles. The van der Waals surface area contributed by atoms with Crippen molar-refractivity contribution in [1.82, 2.24) is 20.7 Å². The summed E-state index contributed by atoms with van der Waals surface area (Å²) in [4.78, 5) is 6.93. The van der Waals surface area contributed by atoms with E-state index >= 15 is 0 Å². The lowest BCUT2D eigenvalue weighted by atomic mass is 10.0. The van der Waals surface area contributed by atoms with Crippen LogP contribution in [-0.4, -0.2) is 42.7 Å². The second kappa shape index (κ2) is 11.5. The molecule has 2 N–H and O–H groups in total. The summed E-state index contributed by atoms with van der Waals surface area (Å²) >= 11 is 0. The van der Waals surface area contributed by atoms with E-state index in [1.54, 1.807) is 7.05 Å². The first-order valence-electron chi connectivity index (χ1n) is 10.3. The lowest BCUT2D eigenvalue weighted by molar-refractivity contribution is 0.245. The summed E-state index contributed by atoms with van der Waals surface area (Å²) in [5.41, 5.74) is 3.63. The Morgan fingerprint density at radius 2 is 1.86 bits per heavy atom. The van der Waals surface area contributed by atoms with Crippen LogP contribution in [0.2, 0.25) is 0 Å². The van der Waals surface area contributed by atoms with Gasteiger partial charge in [0.15, 0.2) is 11.7 Å². The summed E-state index contributed by atoms with van der Waals surface area (Å²) in [5.74, 6) is 1.96. The van der Waals surface area contributed by atoms with E-state index in [1.807, 2.05) is 6.07 Å². The molecule has 6 nitrogen and oxygen atoms in total. The quantitative estimate of drug-likeness (QED) is 0.331. The molecule has 0 radical (unpaired) electrons. The normalized spacial score (nSPS) is 16.0. The van der Waals surface area contributed by atoms with Crippen molar-refractivity contribution in [2.24, 2.45) is 4.99 Å². The number of aryl methyl sites for hydroxylation is 1. The van der Waals surface area contributed by atoms with E-state index in [0.717, 1.165) is 37.0 Å². The number of hydrogen-bond acceptors (Lipinski definition) is 4. The molecule has 160 valence electrons. The van der Waals surface area contributed by atoms with Gasteiger partial charge >= 0.3 is 0 Å². The molecule has 2 heterocycles. The number of nitrogens with one attached hydrogen (secondary N) is 2. The molecule has 2 aromatic rings. The zero-order valence-electron chi connectivity index (χ0n) is 17.9. The first-order valence-corrected chi connectivity index (χ1v) is 10.3.